The van der Waals surface area contributed by atoms with Gasteiger partial charge >= 0.3 is 11.9 Å². The number of amides is 1. The van der Waals surface area contributed by atoms with Crippen molar-refractivity contribution in [3.8, 4) is 0 Å². The molecule has 1 saturated heterocycles. The molecule has 0 aliphatic carbocycles. The average Bonchev–Trinajstić information content (AvgIpc) is 3.19. The largest absolute Gasteiger partial charge is 0.465 e. The molecule has 1 fully saturated rings. The number of hydrogen-bond acceptors (Lipinski definition) is 6. The maximum Gasteiger partial charge on any atom is 0.355 e. The van der Waals surface area contributed by atoms with E-state index >= 15 is 0 Å². The van der Waals surface area contributed by atoms with E-state index in [9.17, 15) is 14.4 Å². The van der Waals surface area contributed by atoms with E-state index in [0.717, 1.165) is 25.9 Å². The molecule has 2 heterocycles. The van der Waals surface area contributed by atoms with E-state index in [0.29, 0.717) is 16.8 Å². The maximum atomic E-state index is 13.0. The van der Waals surface area contributed by atoms with Crippen molar-refractivity contribution in [2.24, 2.45) is 0 Å². The minimum absolute atomic E-state index is 0.0261. The Morgan fingerprint density at radius 1 is 0.966 bits per heavy atom. The molecule has 0 bridgehead atoms. The number of allylic oxidation sites excluding steroid dienone is 2. The third-order valence-corrected chi connectivity index (χ3v) is 5.08. The van der Waals surface area contributed by atoms with Crippen LogP contribution in [0.2, 0.25) is 0 Å². The number of carbonyl (C=O) groups is 3. The van der Waals surface area contributed by atoms with Crippen LogP contribution in [0.25, 0.3) is 0 Å². The Bertz CT molecular complexity index is 923. The Hall–Kier alpha value is -3.35. The second-order valence-corrected chi connectivity index (χ2v) is 6.77. The van der Waals surface area contributed by atoms with Crippen LogP contribution in [0, 0.1) is 6.92 Å². The van der Waals surface area contributed by atoms with Crippen LogP contribution in [0.5, 0.6) is 0 Å². The molecule has 0 spiro atoms. The Balaban J connectivity index is 2.12. The number of nitrogens with zero attached hydrogens (tertiary/aromatic N) is 2. The van der Waals surface area contributed by atoms with Gasteiger partial charge in [0.05, 0.1) is 19.8 Å². The van der Waals surface area contributed by atoms with Crippen molar-refractivity contribution in [1.29, 1.82) is 0 Å². The van der Waals surface area contributed by atoms with Gasteiger partial charge in [-0.05, 0) is 49.6 Å². The molecule has 1 aromatic rings. The average molecular weight is 396 g/mol. The fourth-order valence-electron chi connectivity index (χ4n) is 3.56. The van der Waals surface area contributed by atoms with Gasteiger partial charge in [0, 0.05) is 30.5 Å². The van der Waals surface area contributed by atoms with Gasteiger partial charge in [-0.25, -0.2) is 9.59 Å². The van der Waals surface area contributed by atoms with Gasteiger partial charge in [-0.3, -0.25) is 4.79 Å². The maximum absolute atomic E-state index is 13.0. The number of likely N-dealkylation sites (tertiary alicyclic amines) is 1. The van der Waals surface area contributed by atoms with Crippen molar-refractivity contribution < 1.29 is 23.9 Å². The number of methoxy groups -OCH3 is 2. The van der Waals surface area contributed by atoms with Gasteiger partial charge in [-0.15, -0.1) is 0 Å². The molecule has 2 aliphatic heterocycles. The fraction of sp³-hybridized carbons (Fsp3) is 0.318. The van der Waals surface area contributed by atoms with Gasteiger partial charge in [0.15, 0.2) is 0 Å². The van der Waals surface area contributed by atoms with E-state index in [2.05, 4.69) is 0 Å². The van der Waals surface area contributed by atoms with Gasteiger partial charge in [0.25, 0.3) is 5.91 Å². The van der Waals surface area contributed by atoms with Crippen molar-refractivity contribution >= 4 is 23.5 Å². The SMILES string of the molecule is COC(=O)C1=C(C(=O)OC)N(c2cccc(C(=O)N3CCCC3)c2C)C=CC=C1. The summed E-state index contributed by atoms with van der Waals surface area (Å²) in [4.78, 5) is 41.3. The molecule has 0 saturated carbocycles. The number of esters is 2. The number of hydrogen-bond donors (Lipinski definition) is 0. The molecule has 0 N–H and O–H groups in total. The summed E-state index contributed by atoms with van der Waals surface area (Å²) in [6, 6.07) is 5.34. The molecule has 0 atom stereocenters. The monoisotopic (exact) mass is 396 g/mol. The predicted octanol–water partition coefficient (Wildman–Crippen LogP) is 2.72. The van der Waals surface area contributed by atoms with Crippen molar-refractivity contribution in [2.75, 3.05) is 32.2 Å². The second-order valence-electron chi connectivity index (χ2n) is 6.77. The number of ether oxygens (including phenoxy) is 2. The molecule has 3 rings (SSSR count). The van der Waals surface area contributed by atoms with Crippen LogP contribution in [-0.4, -0.2) is 50.1 Å². The van der Waals surface area contributed by atoms with Gasteiger partial charge in [0.1, 0.15) is 5.70 Å². The normalized spacial score (nSPS) is 16.1. The summed E-state index contributed by atoms with van der Waals surface area (Å²) in [5.41, 5.74) is 1.98. The predicted molar refractivity (Wildman–Crippen MR) is 108 cm³/mol. The van der Waals surface area contributed by atoms with Crippen LogP contribution in [-0.2, 0) is 19.1 Å². The lowest BCUT2D eigenvalue weighted by Crippen LogP contribution is -2.30. The molecule has 29 heavy (non-hydrogen) atoms. The highest BCUT2D eigenvalue weighted by atomic mass is 16.5. The molecule has 1 amide bonds. The highest BCUT2D eigenvalue weighted by Crippen LogP contribution is 2.31. The summed E-state index contributed by atoms with van der Waals surface area (Å²) in [7, 11) is 2.50. The number of carbonyl (C=O) groups excluding carboxylic acids is 3. The van der Waals surface area contributed by atoms with Crippen molar-refractivity contribution in [1.82, 2.24) is 4.90 Å². The first-order valence-corrected chi connectivity index (χ1v) is 9.43. The smallest absolute Gasteiger partial charge is 0.355 e. The topological polar surface area (TPSA) is 76.2 Å². The third kappa shape index (κ3) is 3.94. The minimum atomic E-state index is -0.683. The lowest BCUT2D eigenvalue weighted by Gasteiger charge is -2.26. The standard InChI is InChI=1S/C22H24N2O5/c1-15-16(20(25)23-12-6-7-13-23)10-8-11-18(15)24-14-5-4-9-17(21(26)28-2)19(24)22(27)29-3/h4-5,8-11,14H,6-7,12-13H2,1-3H3. The molecule has 7 heteroatoms. The lowest BCUT2D eigenvalue weighted by molar-refractivity contribution is -0.139. The van der Waals surface area contributed by atoms with Crippen LogP contribution in [0.3, 0.4) is 0 Å². The summed E-state index contributed by atoms with van der Waals surface area (Å²) < 4.78 is 9.77. The summed E-state index contributed by atoms with van der Waals surface area (Å²) in [5, 5.41) is 0. The Kier molecular flexibility index (Phi) is 6.16. The fourth-order valence-corrected chi connectivity index (χ4v) is 3.56. The molecular weight excluding hydrogens is 372 g/mol. The lowest BCUT2D eigenvalue weighted by atomic mass is 10.0. The summed E-state index contributed by atoms with van der Waals surface area (Å²) in [5.74, 6) is -1.37. The molecule has 1 aromatic carbocycles. The summed E-state index contributed by atoms with van der Waals surface area (Å²) >= 11 is 0. The zero-order valence-electron chi connectivity index (χ0n) is 16.8. The Morgan fingerprint density at radius 3 is 2.31 bits per heavy atom. The highest BCUT2D eigenvalue weighted by molar-refractivity contribution is 6.06. The van der Waals surface area contributed by atoms with Crippen molar-refractivity contribution in [3.63, 3.8) is 0 Å². The van der Waals surface area contributed by atoms with Gasteiger partial charge in [0.2, 0.25) is 0 Å². The third-order valence-electron chi connectivity index (χ3n) is 5.08. The number of benzene rings is 1. The second kappa shape index (κ2) is 8.77. The quantitative estimate of drug-likeness (QED) is 0.729. The van der Waals surface area contributed by atoms with Crippen molar-refractivity contribution in [2.45, 2.75) is 19.8 Å². The molecule has 2 aliphatic rings. The van der Waals surface area contributed by atoms with Crippen LogP contribution < -0.4 is 4.90 Å². The first-order chi connectivity index (χ1) is 14.0. The van der Waals surface area contributed by atoms with Crippen molar-refractivity contribution in [3.05, 3.63) is 65.0 Å². The zero-order chi connectivity index (χ0) is 21.0. The summed E-state index contributed by atoms with van der Waals surface area (Å²) in [6.45, 7) is 3.32. The molecule has 0 radical (unpaired) electrons. The Morgan fingerprint density at radius 2 is 1.66 bits per heavy atom. The van der Waals surface area contributed by atoms with E-state index in [1.165, 1.54) is 20.3 Å². The van der Waals surface area contributed by atoms with Gasteiger partial charge in [-0.1, -0.05) is 12.1 Å². The number of rotatable bonds is 4. The zero-order valence-corrected chi connectivity index (χ0v) is 16.8. The number of anilines is 1. The van der Waals surface area contributed by atoms with E-state index in [1.54, 1.807) is 41.5 Å². The molecule has 0 unspecified atom stereocenters. The molecule has 0 aromatic heterocycles. The Labute approximate surface area is 169 Å². The van der Waals surface area contributed by atoms with E-state index < -0.39 is 11.9 Å². The first kappa shape index (κ1) is 20.4. The van der Waals surface area contributed by atoms with E-state index in [-0.39, 0.29) is 17.2 Å². The van der Waals surface area contributed by atoms with Crippen LogP contribution >= 0.6 is 0 Å². The molecule has 7 nitrogen and oxygen atoms in total. The van der Waals surface area contributed by atoms with Crippen LogP contribution in [0.4, 0.5) is 5.69 Å². The highest BCUT2D eigenvalue weighted by Gasteiger charge is 2.29. The minimum Gasteiger partial charge on any atom is -0.465 e. The van der Waals surface area contributed by atoms with Crippen LogP contribution in [0.1, 0.15) is 28.8 Å². The summed E-state index contributed by atoms with van der Waals surface area (Å²) in [6.07, 6.45) is 8.51. The van der Waals surface area contributed by atoms with Gasteiger partial charge < -0.3 is 19.3 Å². The molecule has 152 valence electrons. The van der Waals surface area contributed by atoms with Crippen LogP contribution in [0.15, 0.2) is 53.9 Å². The molecular formula is C22H24N2O5. The first-order valence-electron chi connectivity index (χ1n) is 9.43. The van der Waals surface area contributed by atoms with E-state index in [4.69, 9.17) is 9.47 Å². The van der Waals surface area contributed by atoms with E-state index in [1.807, 2.05) is 11.8 Å². The van der Waals surface area contributed by atoms with Gasteiger partial charge in [-0.2, -0.15) is 0 Å².